The minimum Gasteiger partial charge on any atom is -0.306 e. The van der Waals surface area contributed by atoms with Crippen LogP contribution in [-0.2, 0) is 6.54 Å². The van der Waals surface area contributed by atoms with Crippen molar-refractivity contribution >= 4 is 10.9 Å². The minimum atomic E-state index is 0.289. The van der Waals surface area contributed by atoms with Crippen LogP contribution in [0.4, 0.5) is 0 Å². The Hall–Kier alpha value is -2.26. The molecule has 3 aromatic rings. The van der Waals surface area contributed by atoms with E-state index in [1.165, 1.54) is 16.5 Å². The zero-order chi connectivity index (χ0) is 13.8. The van der Waals surface area contributed by atoms with Gasteiger partial charge in [-0.15, -0.1) is 0 Å². The Morgan fingerprint density at radius 3 is 2.65 bits per heavy atom. The molecule has 1 N–H and O–H groups in total. The molecule has 0 radical (unpaired) electrons. The molecule has 100 valence electrons. The first-order chi connectivity index (χ1) is 9.84. The molecule has 0 aliphatic rings. The molecule has 0 bridgehead atoms. The molecule has 1 atom stereocenters. The maximum atomic E-state index is 4.48. The molecular weight excluding hydrogens is 246 g/mol. The quantitative estimate of drug-likeness (QED) is 0.783. The highest BCUT2D eigenvalue weighted by atomic mass is 14.9. The summed E-state index contributed by atoms with van der Waals surface area (Å²) in [6, 6.07) is 14.7. The minimum absolute atomic E-state index is 0.289. The molecule has 1 aromatic carbocycles. The van der Waals surface area contributed by atoms with E-state index in [0.717, 1.165) is 12.1 Å². The van der Waals surface area contributed by atoms with Crippen molar-refractivity contribution in [1.82, 2.24) is 15.3 Å². The average Bonchev–Trinajstić information content (AvgIpc) is 2.53. The number of nitrogens with zero attached hydrogens (tertiary/aromatic N) is 2. The van der Waals surface area contributed by atoms with Crippen LogP contribution in [0.3, 0.4) is 0 Å². The van der Waals surface area contributed by atoms with E-state index in [1.54, 1.807) is 0 Å². The molecule has 20 heavy (non-hydrogen) atoms. The second-order valence-electron chi connectivity index (χ2n) is 4.88. The summed E-state index contributed by atoms with van der Waals surface area (Å²) < 4.78 is 0. The van der Waals surface area contributed by atoms with Crippen molar-refractivity contribution < 1.29 is 0 Å². The Balaban J connectivity index is 1.77. The van der Waals surface area contributed by atoms with Gasteiger partial charge in [0.05, 0.1) is 5.52 Å². The Bertz CT molecular complexity index is 689. The predicted octanol–water partition coefficient (Wildman–Crippen LogP) is 3.48. The first-order valence-corrected chi connectivity index (χ1v) is 6.80. The van der Waals surface area contributed by atoms with E-state index < -0.39 is 0 Å². The van der Waals surface area contributed by atoms with Crippen molar-refractivity contribution in [3.05, 3.63) is 72.2 Å². The van der Waals surface area contributed by atoms with Crippen molar-refractivity contribution in [2.75, 3.05) is 0 Å². The molecule has 0 aliphatic carbocycles. The fraction of sp³-hybridized carbons (Fsp3) is 0.176. The summed E-state index contributed by atoms with van der Waals surface area (Å²) in [6.45, 7) is 2.96. The number of pyridine rings is 2. The van der Waals surface area contributed by atoms with Crippen LogP contribution in [-0.4, -0.2) is 9.97 Å². The first kappa shape index (κ1) is 12.8. The lowest BCUT2D eigenvalue weighted by molar-refractivity contribution is 0.575. The molecule has 0 aliphatic heterocycles. The van der Waals surface area contributed by atoms with Crippen LogP contribution in [0.25, 0.3) is 10.9 Å². The Morgan fingerprint density at radius 1 is 1.00 bits per heavy atom. The Labute approximate surface area is 118 Å². The van der Waals surface area contributed by atoms with E-state index in [2.05, 4.69) is 46.5 Å². The maximum absolute atomic E-state index is 4.48. The summed E-state index contributed by atoms with van der Waals surface area (Å²) >= 11 is 0. The first-order valence-electron chi connectivity index (χ1n) is 6.80. The number of benzene rings is 1. The number of para-hydroxylation sites is 1. The van der Waals surface area contributed by atoms with Gasteiger partial charge in [0.2, 0.25) is 0 Å². The van der Waals surface area contributed by atoms with Crippen LogP contribution in [0, 0.1) is 0 Å². The number of hydrogen-bond acceptors (Lipinski definition) is 3. The summed E-state index contributed by atoms with van der Waals surface area (Å²) in [5.74, 6) is 0. The van der Waals surface area contributed by atoms with Gasteiger partial charge in [-0.1, -0.05) is 24.3 Å². The fourth-order valence-corrected chi connectivity index (χ4v) is 2.34. The second kappa shape index (κ2) is 5.80. The molecule has 2 heterocycles. The van der Waals surface area contributed by atoms with Crippen molar-refractivity contribution in [3.8, 4) is 0 Å². The molecule has 0 fully saturated rings. The molecular formula is C17H17N3. The van der Waals surface area contributed by atoms with E-state index in [-0.39, 0.29) is 6.04 Å². The number of fused-ring (bicyclic) bond motifs is 1. The highest BCUT2D eigenvalue weighted by Gasteiger charge is 2.06. The van der Waals surface area contributed by atoms with E-state index in [1.807, 2.05) is 36.8 Å². The second-order valence-corrected chi connectivity index (χ2v) is 4.88. The standard InChI is InChI=1S/C17H17N3/c1-13(14-7-10-18-11-8-14)20-12-16-5-2-4-15-6-3-9-19-17(15)16/h2-11,13,20H,12H2,1H3/t13-/m0/s1. The summed E-state index contributed by atoms with van der Waals surface area (Å²) in [6.07, 6.45) is 5.50. The summed E-state index contributed by atoms with van der Waals surface area (Å²) in [5.41, 5.74) is 3.54. The van der Waals surface area contributed by atoms with Crippen LogP contribution < -0.4 is 5.32 Å². The molecule has 0 amide bonds. The van der Waals surface area contributed by atoms with E-state index >= 15 is 0 Å². The molecule has 3 heteroatoms. The molecule has 0 unspecified atom stereocenters. The van der Waals surface area contributed by atoms with Crippen molar-refractivity contribution in [2.45, 2.75) is 19.5 Å². The topological polar surface area (TPSA) is 37.8 Å². The third-order valence-electron chi connectivity index (χ3n) is 3.52. The fourth-order valence-electron chi connectivity index (χ4n) is 2.34. The van der Waals surface area contributed by atoms with Gasteiger partial charge in [0, 0.05) is 36.6 Å². The lowest BCUT2D eigenvalue weighted by atomic mass is 10.1. The number of rotatable bonds is 4. The summed E-state index contributed by atoms with van der Waals surface area (Å²) in [4.78, 5) is 8.53. The Morgan fingerprint density at radius 2 is 1.80 bits per heavy atom. The van der Waals surface area contributed by atoms with Crippen LogP contribution in [0.1, 0.15) is 24.1 Å². The van der Waals surface area contributed by atoms with Crippen LogP contribution in [0.5, 0.6) is 0 Å². The molecule has 3 rings (SSSR count). The van der Waals surface area contributed by atoms with Gasteiger partial charge in [0.25, 0.3) is 0 Å². The van der Waals surface area contributed by atoms with Gasteiger partial charge in [0.1, 0.15) is 0 Å². The van der Waals surface area contributed by atoms with Crippen LogP contribution in [0.15, 0.2) is 61.1 Å². The van der Waals surface area contributed by atoms with Gasteiger partial charge in [-0.3, -0.25) is 9.97 Å². The van der Waals surface area contributed by atoms with E-state index in [4.69, 9.17) is 0 Å². The number of aromatic nitrogens is 2. The third kappa shape index (κ3) is 2.68. The highest BCUT2D eigenvalue weighted by molar-refractivity contribution is 5.81. The molecule has 2 aromatic heterocycles. The SMILES string of the molecule is C[C@H](NCc1cccc2cccnc12)c1ccncc1. The largest absolute Gasteiger partial charge is 0.306 e. The van der Waals surface area contributed by atoms with Gasteiger partial charge in [-0.05, 0) is 36.2 Å². The van der Waals surface area contributed by atoms with Gasteiger partial charge in [-0.25, -0.2) is 0 Å². The molecule has 0 spiro atoms. The smallest absolute Gasteiger partial charge is 0.0746 e. The van der Waals surface area contributed by atoms with Gasteiger partial charge < -0.3 is 5.32 Å². The van der Waals surface area contributed by atoms with Crippen molar-refractivity contribution in [2.24, 2.45) is 0 Å². The van der Waals surface area contributed by atoms with Gasteiger partial charge >= 0.3 is 0 Å². The number of nitrogens with one attached hydrogen (secondary N) is 1. The normalized spacial score (nSPS) is 12.4. The van der Waals surface area contributed by atoms with E-state index in [9.17, 15) is 0 Å². The van der Waals surface area contributed by atoms with Gasteiger partial charge in [0.15, 0.2) is 0 Å². The predicted molar refractivity (Wildman–Crippen MR) is 81.2 cm³/mol. The lowest BCUT2D eigenvalue weighted by Gasteiger charge is -2.14. The zero-order valence-electron chi connectivity index (χ0n) is 11.5. The van der Waals surface area contributed by atoms with Crippen molar-refractivity contribution in [3.63, 3.8) is 0 Å². The zero-order valence-corrected chi connectivity index (χ0v) is 11.5. The Kier molecular flexibility index (Phi) is 3.70. The van der Waals surface area contributed by atoms with Crippen LogP contribution >= 0.6 is 0 Å². The number of hydrogen-bond donors (Lipinski definition) is 1. The molecule has 0 saturated heterocycles. The third-order valence-corrected chi connectivity index (χ3v) is 3.52. The highest BCUT2D eigenvalue weighted by Crippen LogP contribution is 2.17. The summed E-state index contributed by atoms with van der Waals surface area (Å²) in [5, 5.41) is 4.72. The monoisotopic (exact) mass is 263 g/mol. The van der Waals surface area contributed by atoms with E-state index in [0.29, 0.717) is 0 Å². The average molecular weight is 263 g/mol. The molecule has 3 nitrogen and oxygen atoms in total. The summed E-state index contributed by atoms with van der Waals surface area (Å²) in [7, 11) is 0. The van der Waals surface area contributed by atoms with Gasteiger partial charge in [-0.2, -0.15) is 0 Å². The van der Waals surface area contributed by atoms with Crippen LogP contribution in [0.2, 0.25) is 0 Å². The molecule has 0 saturated carbocycles. The lowest BCUT2D eigenvalue weighted by Crippen LogP contribution is -2.18. The maximum Gasteiger partial charge on any atom is 0.0746 e. The van der Waals surface area contributed by atoms with Crippen molar-refractivity contribution in [1.29, 1.82) is 0 Å².